The first-order valence-corrected chi connectivity index (χ1v) is 6.12. The minimum absolute atomic E-state index is 0.671. The van der Waals surface area contributed by atoms with Crippen LogP contribution < -0.4 is 0 Å². The molecular weight excluding hydrogens is 216 g/mol. The molecule has 1 aromatic rings. The molecule has 0 aliphatic heterocycles. The summed E-state index contributed by atoms with van der Waals surface area (Å²) in [5.41, 5.74) is 1.23. The molecule has 1 rings (SSSR count). The third kappa shape index (κ3) is 7.91. The molecule has 0 atom stereocenters. The molecule has 0 amide bonds. The van der Waals surface area contributed by atoms with E-state index in [4.69, 9.17) is 14.2 Å². The van der Waals surface area contributed by atoms with Gasteiger partial charge in [0.15, 0.2) is 0 Å². The lowest BCUT2D eigenvalue weighted by molar-refractivity contribution is 0.0613. The maximum atomic E-state index is 5.57. The van der Waals surface area contributed by atoms with Gasteiger partial charge in [-0.15, -0.1) is 0 Å². The summed E-state index contributed by atoms with van der Waals surface area (Å²) >= 11 is 0. The van der Waals surface area contributed by atoms with Gasteiger partial charge in [0, 0.05) is 20.3 Å². The normalized spacial score (nSPS) is 10.6. The Morgan fingerprint density at radius 3 is 2.24 bits per heavy atom. The summed E-state index contributed by atoms with van der Waals surface area (Å²) in [4.78, 5) is 0. The van der Waals surface area contributed by atoms with Crippen LogP contribution in [-0.4, -0.2) is 33.5 Å². The van der Waals surface area contributed by atoms with Crippen molar-refractivity contribution in [3.63, 3.8) is 0 Å². The minimum Gasteiger partial charge on any atom is -0.382 e. The van der Waals surface area contributed by atoms with Crippen LogP contribution in [0.4, 0.5) is 0 Å². The highest BCUT2D eigenvalue weighted by molar-refractivity contribution is 5.13. The topological polar surface area (TPSA) is 27.7 Å². The molecule has 0 saturated carbocycles. The van der Waals surface area contributed by atoms with Gasteiger partial charge in [0.05, 0.1) is 19.8 Å². The zero-order valence-corrected chi connectivity index (χ0v) is 10.6. The van der Waals surface area contributed by atoms with Crippen molar-refractivity contribution in [1.82, 2.24) is 0 Å². The molecule has 1 aromatic carbocycles. The van der Waals surface area contributed by atoms with Crippen molar-refractivity contribution in [2.45, 2.75) is 19.4 Å². The minimum atomic E-state index is 0.671. The van der Waals surface area contributed by atoms with E-state index in [9.17, 15) is 0 Å². The summed E-state index contributed by atoms with van der Waals surface area (Å²) in [5, 5.41) is 0. The van der Waals surface area contributed by atoms with Gasteiger partial charge >= 0.3 is 0 Å². The third-order valence-electron chi connectivity index (χ3n) is 2.37. The number of methoxy groups -OCH3 is 1. The zero-order valence-electron chi connectivity index (χ0n) is 10.6. The summed E-state index contributed by atoms with van der Waals surface area (Å²) in [5.74, 6) is 0. The van der Waals surface area contributed by atoms with Crippen molar-refractivity contribution in [2.75, 3.05) is 33.5 Å². The average Bonchev–Trinajstić information content (AvgIpc) is 2.38. The Morgan fingerprint density at radius 2 is 1.53 bits per heavy atom. The molecule has 0 heterocycles. The molecule has 0 unspecified atom stereocenters. The van der Waals surface area contributed by atoms with Crippen LogP contribution in [0, 0.1) is 0 Å². The van der Waals surface area contributed by atoms with Crippen LogP contribution in [-0.2, 0) is 20.8 Å². The van der Waals surface area contributed by atoms with Crippen molar-refractivity contribution in [3.05, 3.63) is 35.9 Å². The van der Waals surface area contributed by atoms with E-state index in [0.717, 1.165) is 26.1 Å². The number of rotatable bonds is 10. The van der Waals surface area contributed by atoms with Crippen molar-refractivity contribution >= 4 is 0 Å². The Kier molecular flexibility index (Phi) is 8.55. The maximum Gasteiger partial charge on any atom is 0.0716 e. The number of unbranched alkanes of at least 4 members (excludes halogenated alkanes) is 1. The van der Waals surface area contributed by atoms with E-state index in [0.29, 0.717) is 19.8 Å². The van der Waals surface area contributed by atoms with Gasteiger partial charge in [-0.25, -0.2) is 0 Å². The van der Waals surface area contributed by atoms with E-state index in [1.54, 1.807) is 7.11 Å². The quantitative estimate of drug-likeness (QED) is 0.586. The first kappa shape index (κ1) is 14.2. The fourth-order valence-corrected chi connectivity index (χ4v) is 1.42. The van der Waals surface area contributed by atoms with Crippen molar-refractivity contribution < 1.29 is 14.2 Å². The van der Waals surface area contributed by atoms with Gasteiger partial charge in [-0.2, -0.15) is 0 Å². The molecule has 0 aromatic heterocycles. The highest BCUT2D eigenvalue weighted by Crippen LogP contribution is 2.01. The summed E-state index contributed by atoms with van der Waals surface area (Å²) in [6.45, 7) is 3.64. The van der Waals surface area contributed by atoms with Gasteiger partial charge in [-0.05, 0) is 18.4 Å². The standard InChI is InChI=1S/C14H22O3/c1-15-11-12-16-9-5-6-10-17-13-14-7-3-2-4-8-14/h2-4,7-8H,5-6,9-13H2,1H3. The molecule has 96 valence electrons. The smallest absolute Gasteiger partial charge is 0.0716 e. The summed E-state index contributed by atoms with van der Waals surface area (Å²) in [6.07, 6.45) is 2.08. The third-order valence-corrected chi connectivity index (χ3v) is 2.37. The number of hydrogen-bond donors (Lipinski definition) is 0. The molecule has 0 aliphatic rings. The predicted molar refractivity (Wildman–Crippen MR) is 68.0 cm³/mol. The molecule has 0 bridgehead atoms. The number of ether oxygens (including phenoxy) is 3. The van der Waals surface area contributed by atoms with E-state index in [1.165, 1.54) is 5.56 Å². The van der Waals surface area contributed by atoms with Crippen LogP contribution in [0.5, 0.6) is 0 Å². The molecule has 0 fully saturated rings. The van der Waals surface area contributed by atoms with Gasteiger partial charge in [-0.3, -0.25) is 0 Å². The molecule has 3 nitrogen and oxygen atoms in total. The molecule has 0 saturated heterocycles. The van der Waals surface area contributed by atoms with Crippen LogP contribution in [0.2, 0.25) is 0 Å². The summed E-state index contributed by atoms with van der Waals surface area (Å²) in [6, 6.07) is 10.2. The predicted octanol–water partition coefficient (Wildman–Crippen LogP) is 2.65. The van der Waals surface area contributed by atoms with E-state index >= 15 is 0 Å². The molecule has 0 N–H and O–H groups in total. The molecule has 17 heavy (non-hydrogen) atoms. The van der Waals surface area contributed by atoms with E-state index in [2.05, 4.69) is 12.1 Å². The second kappa shape index (κ2) is 10.3. The fraction of sp³-hybridized carbons (Fsp3) is 0.571. The Labute approximate surface area is 104 Å². The highest BCUT2D eigenvalue weighted by atomic mass is 16.5. The van der Waals surface area contributed by atoms with Crippen molar-refractivity contribution in [2.24, 2.45) is 0 Å². The van der Waals surface area contributed by atoms with Crippen molar-refractivity contribution in [3.8, 4) is 0 Å². The lowest BCUT2D eigenvalue weighted by Gasteiger charge is -2.05. The van der Waals surface area contributed by atoms with Gasteiger partial charge in [0.25, 0.3) is 0 Å². The fourth-order valence-electron chi connectivity index (χ4n) is 1.42. The molecule has 0 aliphatic carbocycles. The summed E-state index contributed by atoms with van der Waals surface area (Å²) < 4.78 is 15.8. The molecule has 3 heteroatoms. The Balaban J connectivity index is 1.85. The Morgan fingerprint density at radius 1 is 0.824 bits per heavy atom. The molecular formula is C14H22O3. The summed E-state index contributed by atoms with van der Waals surface area (Å²) in [7, 11) is 1.68. The second-order valence-electron chi connectivity index (χ2n) is 3.85. The maximum absolute atomic E-state index is 5.57. The first-order valence-electron chi connectivity index (χ1n) is 6.12. The largest absolute Gasteiger partial charge is 0.382 e. The van der Waals surface area contributed by atoms with Gasteiger partial charge < -0.3 is 14.2 Å². The van der Waals surface area contributed by atoms with Gasteiger partial charge in [-0.1, -0.05) is 30.3 Å². The van der Waals surface area contributed by atoms with Crippen LogP contribution in [0.15, 0.2) is 30.3 Å². The zero-order chi connectivity index (χ0) is 12.2. The Bertz CT molecular complexity index is 261. The van der Waals surface area contributed by atoms with Gasteiger partial charge in [0.1, 0.15) is 0 Å². The lowest BCUT2D eigenvalue weighted by Crippen LogP contribution is -2.04. The van der Waals surface area contributed by atoms with Crippen LogP contribution in [0.3, 0.4) is 0 Å². The van der Waals surface area contributed by atoms with E-state index in [-0.39, 0.29) is 0 Å². The second-order valence-corrected chi connectivity index (χ2v) is 3.85. The van der Waals surface area contributed by atoms with Gasteiger partial charge in [0.2, 0.25) is 0 Å². The van der Waals surface area contributed by atoms with E-state index < -0.39 is 0 Å². The number of benzene rings is 1. The lowest BCUT2D eigenvalue weighted by atomic mass is 10.2. The average molecular weight is 238 g/mol. The number of hydrogen-bond acceptors (Lipinski definition) is 3. The first-order chi connectivity index (χ1) is 8.43. The van der Waals surface area contributed by atoms with Crippen molar-refractivity contribution in [1.29, 1.82) is 0 Å². The Hall–Kier alpha value is -0.900. The van der Waals surface area contributed by atoms with Crippen LogP contribution in [0.25, 0.3) is 0 Å². The molecule has 0 spiro atoms. The van der Waals surface area contributed by atoms with E-state index in [1.807, 2.05) is 18.2 Å². The van der Waals surface area contributed by atoms with Crippen LogP contribution in [0.1, 0.15) is 18.4 Å². The molecule has 0 radical (unpaired) electrons. The monoisotopic (exact) mass is 238 g/mol. The SMILES string of the molecule is COCCOCCCCOCc1ccccc1. The highest BCUT2D eigenvalue weighted by Gasteiger charge is 1.93. The van der Waals surface area contributed by atoms with Crippen LogP contribution >= 0.6 is 0 Å².